The highest BCUT2D eigenvalue weighted by atomic mass is 79.9. The molecule has 0 aliphatic heterocycles. The Morgan fingerprint density at radius 1 is 1.44 bits per heavy atom. The first kappa shape index (κ1) is 14.0. The SMILES string of the molecule is CCOC1(C(N)c2cccc(Br)c2F)CCCC1. The van der Waals surface area contributed by atoms with Crippen molar-refractivity contribution in [2.45, 2.75) is 44.2 Å². The Labute approximate surface area is 116 Å². The van der Waals surface area contributed by atoms with Gasteiger partial charge in [-0.15, -0.1) is 0 Å². The van der Waals surface area contributed by atoms with Gasteiger partial charge in [-0.3, -0.25) is 0 Å². The maximum absolute atomic E-state index is 14.1. The third-order valence-corrected chi connectivity index (χ3v) is 4.38. The van der Waals surface area contributed by atoms with E-state index in [4.69, 9.17) is 10.5 Å². The molecule has 0 spiro atoms. The van der Waals surface area contributed by atoms with Crippen LogP contribution in [0.4, 0.5) is 4.39 Å². The smallest absolute Gasteiger partial charge is 0.142 e. The molecule has 1 saturated carbocycles. The Morgan fingerprint density at radius 3 is 2.72 bits per heavy atom. The summed E-state index contributed by atoms with van der Waals surface area (Å²) in [5.41, 5.74) is 6.45. The van der Waals surface area contributed by atoms with Crippen LogP contribution in [0.15, 0.2) is 22.7 Å². The Hall–Kier alpha value is -0.450. The Bertz CT molecular complexity index is 418. The van der Waals surface area contributed by atoms with Gasteiger partial charge in [-0.05, 0) is 41.8 Å². The Balaban J connectivity index is 2.33. The van der Waals surface area contributed by atoms with Crippen LogP contribution < -0.4 is 5.73 Å². The lowest BCUT2D eigenvalue weighted by atomic mass is 9.87. The van der Waals surface area contributed by atoms with Gasteiger partial charge in [0.2, 0.25) is 0 Å². The molecule has 0 bridgehead atoms. The number of halogens is 2. The van der Waals surface area contributed by atoms with E-state index in [9.17, 15) is 4.39 Å². The molecule has 1 aromatic carbocycles. The molecule has 0 heterocycles. The van der Waals surface area contributed by atoms with Crippen molar-refractivity contribution in [3.63, 3.8) is 0 Å². The van der Waals surface area contributed by atoms with Crippen LogP contribution in [0.5, 0.6) is 0 Å². The highest BCUT2D eigenvalue weighted by molar-refractivity contribution is 9.10. The maximum Gasteiger partial charge on any atom is 0.142 e. The van der Waals surface area contributed by atoms with E-state index in [2.05, 4.69) is 15.9 Å². The van der Waals surface area contributed by atoms with Crippen molar-refractivity contribution in [2.75, 3.05) is 6.61 Å². The van der Waals surface area contributed by atoms with Crippen molar-refractivity contribution >= 4 is 15.9 Å². The van der Waals surface area contributed by atoms with Gasteiger partial charge in [0, 0.05) is 12.2 Å². The lowest BCUT2D eigenvalue weighted by Crippen LogP contribution is -2.42. The van der Waals surface area contributed by atoms with Crippen molar-refractivity contribution < 1.29 is 9.13 Å². The van der Waals surface area contributed by atoms with Gasteiger partial charge >= 0.3 is 0 Å². The number of ether oxygens (including phenoxy) is 1. The maximum atomic E-state index is 14.1. The van der Waals surface area contributed by atoms with Crippen LogP contribution in [0.1, 0.15) is 44.2 Å². The second-order valence-corrected chi connectivity index (χ2v) is 5.68. The fraction of sp³-hybridized carbons (Fsp3) is 0.571. The minimum Gasteiger partial charge on any atom is -0.373 e. The van der Waals surface area contributed by atoms with Crippen molar-refractivity contribution in [1.82, 2.24) is 0 Å². The van der Waals surface area contributed by atoms with Crippen LogP contribution in [-0.2, 0) is 4.74 Å². The van der Waals surface area contributed by atoms with Crippen molar-refractivity contribution in [3.05, 3.63) is 34.1 Å². The fourth-order valence-electron chi connectivity index (χ4n) is 2.85. The van der Waals surface area contributed by atoms with E-state index in [0.29, 0.717) is 16.6 Å². The summed E-state index contributed by atoms with van der Waals surface area (Å²) in [7, 11) is 0. The molecule has 0 aromatic heterocycles. The monoisotopic (exact) mass is 315 g/mol. The van der Waals surface area contributed by atoms with E-state index >= 15 is 0 Å². The normalized spacial score (nSPS) is 20.0. The van der Waals surface area contributed by atoms with Gasteiger partial charge in [0.25, 0.3) is 0 Å². The molecule has 1 fully saturated rings. The summed E-state index contributed by atoms with van der Waals surface area (Å²) >= 11 is 3.21. The zero-order valence-corrected chi connectivity index (χ0v) is 12.2. The lowest BCUT2D eigenvalue weighted by Gasteiger charge is -2.35. The molecule has 0 saturated heterocycles. The number of hydrogen-bond acceptors (Lipinski definition) is 2. The number of nitrogens with two attached hydrogens (primary N) is 1. The summed E-state index contributed by atoms with van der Waals surface area (Å²) in [6.07, 6.45) is 4.02. The third-order valence-electron chi connectivity index (χ3n) is 3.77. The standard InChI is InChI=1S/C14H19BrFNO/c1-2-18-14(8-3-4-9-14)13(17)10-6-5-7-11(15)12(10)16/h5-7,13H,2-4,8-9,17H2,1H3. The van der Waals surface area contributed by atoms with Crippen molar-refractivity contribution in [2.24, 2.45) is 5.73 Å². The van der Waals surface area contributed by atoms with Gasteiger partial charge in [-0.1, -0.05) is 25.0 Å². The topological polar surface area (TPSA) is 35.2 Å². The first-order valence-corrected chi connectivity index (χ1v) is 7.23. The molecule has 2 rings (SSSR count). The summed E-state index contributed by atoms with van der Waals surface area (Å²) in [6.45, 7) is 2.58. The molecule has 18 heavy (non-hydrogen) atoms. The largest absolute Gasteiger partial charge is 0.373 e. The van der Waals surface area contributed by atoms with Crippen molar-refractivity contribution in [3.8, 4) is 0 Å². The summed E-state index contributed by atoms with van der Waals surface area (Å²) < 4.78 is 20.5. The number of benzene rings is 1. The predicted octanol–water partition coefficient (Wildman–Crippen LogP) is 3.94. The molecule has 0 amide bonds. The molecular weight excluding hydrogens is 297 g/mol. The first-order valence-electron chi connectivity index (χ1n) is 6.44. The van der Waals surface area contributed by atoms with Gasteiger partial charge < -0.3 is 10.5 Å². The quantitative estimate of drug-likeness (QED) is 0.913. The van der Waals surface area contributed by atoms with Crippen LogP contribution in [0.2, 0.25) is 0 Å². The zero-order valence-electron chi connectivity index (χ0n) is 10.6. The fourth-order valence-corrected chi connectivity index (χ4v) is 3.23. The van der Waals surface area contributed by atoms with Gasteiger partial charge in [-0.2, -0.15) is 0 Å². The third kappa shape index (κ3) is 2.46. The Kier molecular flexibility index (Phi) is 4.41. The molecule has 1 aliphatic carbocycles. The second-order valence-electron chi connectivity index (χ2n) is 4.83. The minimum absolute atomic E-state index is 0.268. The van der Waals surface area contributed by atoms with Crippen LogP contribution in [0.3, 0.4) is 0 Å². The second kappa shape index (κ2) is 5.68. The summed E-state index contributed by atoms with van der Waals surface area (Å²) in [5, 5.41) is 0. The van der Waals surface area contributed by atoms with Gasteiger partial charge in [0.15, 0.2) is 0 Å². The van der Waals surface area contributed by atoms with Gasteiger partial charge in [0.1, 0.15) is 5.82 Å². The van der Waals surface area contributed by atoms with Crippen LogP contribution >= 0.6 is 15.9 Å². The molecule has 2 N–H and O–H groups in total. The average Bonchev–Trinajstić information content (AvgIpc) is 2.82. The Morgan fingerprint density at radius 2 is 2.11 bits per heavy atom. The zero-order chi connectivity index (χ0) is 13.2. The molecule has 0 radical (unpaired) electrons. The van der Waals surface area contributed by atoms with E-state index in [1.165, 1.54) is 0 Å². The molecule has 2 nitrogen and oxygen atoms in total. The molecule has 1 unspecified atom stereocenters. The molecule has 1 atom stereocenters. The highest BCUT2D eigenvalue weighted by Crippen LogP contribution is 2.42. The van der Waals surface area contributed by atoms with Crippen LogP contribution in [0.25, 0.3) is 0 Å². The van der Waals surface area contributed by atoms with Crippen LogP contribution in [-0.4, -0.2) is 12.2 Å². The lowest BCUT2D eigenvalue weighted by molar-refractivity contribution is -0.0543. The molecular formula is C14H19BrFNO. The predicted molar refractivity (Wildman–Crippen MR) is 73.9 cm³/mol. The molecule has 1 aromatic rings. The van der Waals surface area contributed by atoms with E-state index in [1.54, 1.807) is 12.1 Å². The highest BCUT2D eigenvalue weighted by Gasteiger charge is 2.42. The summed E-state index contributed by atoms with van der Waals surface area (Å²) in [6, 6.07) is 4.85. The van der Waals surface area contributed by atoms with E-state index in [1.807, 2.05) is 13.0 Å². The van der Waals surface area contributed by atoms with Gasteiger partial charge in [0.05, 0.1) is 16.1 Å². The molecule has 4 heteroatoms. The number of hydrogen-bond donors (Lipinski definition) is 1. The molecule has 1 aliphatic rings. The van der Waals surface area contributed by atoms with E-state index in [0.717, 1.165) is 25.7 Å². The average molecular weight is 316 g/mol. The summed E-state index contributed by atoms with van der Waals surface area (Å²) in [4.78, 5) is 0. The van der Waals surface area contributed by atoms with E-state index in [-0.39, 0.29) is 5.82 Å². The minimum atomic E-state index is -0.405. The molecule has 100 valence electrons. The first-order chi connectivity index (χ1) is 8.60. The van der Waals surface area contributed by atoms with Crippen molar-refractivity contribution in [1.29, 1.82) is 0 Å². The van der Waals surface area contributed by atoms with Crippen LogP contribution in [0, 0.1) is 5.82 Å². The van der Waals surface area contributed by atoms with E-state index < -0.39 is 11.6 Å². The van der Waals surface area contributed by atoms with Gasteiger partial charge in [-0.25, -0.2) is 4.39 Å². The summed E-state index contributed by atoms with van der Waals surface area (Å²) in [5.74, 6) is -0.268. The number of rotatable bonds is 4.